The minimum Gasteiger partial charge on any atom is -0.492 e. The monoisotopic (exact) mass is 246 g/mol. The summed E-state index contributed by atoms with van der Waals surface area (Å²) in [6.45, 7) is 0.716. The predicted octanol–water partition coefficient (Wildman–Crippen LogP) is 2.13. The highest BCUT2D eigenvalue weighted by atomic mass is 19.3. The maximum atomic E-state index is 12.7. The van der Waals surface area contributed by atoms with Crippen LogP contribution in [0.15, 0.2) is 18.2 Å². The van der Waals surface area contributed by atoms with Crippen molar-refractivity contribution in [1.29, 1.82) is 0 Å². The molecule has 0 radical (unpaired) electrons. The lowest BCUT2D eigenvalue weighted by Crippen LogP contribution is -2.16. The van der Waals surface area contributed by atoms with Crippen LogP contribution in [0.25, 0.3) is 0 Å². The molecule has 0 spiro atoms. The summed E-state index contributed by atoms with van der Waals surface area (Å²) >= 11 is 0. The number of halogens is 2. The number of non-ortho nitro benzene ring substituents is 1. The molecule has 0 aromatic heterocycles. The van der Waals surface area contributed by atoms with Gasteiger partial charge in [0.1, 0.15) is 12.4 Å². The summed E-state index contributed by atoms with van der Waals surface area (Å²) in [7, 11) is 1.70. The average molecular weight is 246 g/mol. The SMILES string of the molecule is CNCCOc1ccc([N+](=O)[O-])cc1C(F)F. The van der Waals surface area contributed by atoms with E-state index in [0.29, 0.717) is 6.54 Å². The van der Waals surface area contributed by atoms with Gasteiger partial charge in [-0.15, -0.1) is 0 Å². The Hall–Kier alpha value is -1.76. The first-order chi connectivity index (χ1) is 8.06. The molecule has 0 atom stereocenters. The first kappa shape index (κ1) is 13.3. The van der Waals surface area contributed by atoms with Crippen molar-refractivity contribution in [3.63, 3.8) is 0 Å². The quantitative estimate of drug-likeness (QED) is 0.474. The standard InChI is InChI=1S/C10H12F2N2O3/c1-13-4-5-17-9-3-2-7(14(15)16)6-8(9)10(11)12/h2-3,6,10,13H,4-5H2,1H3. The van der Waals surface area contributed by atoms with Gasteiger partial charge in [0.15, 0.2) is 0 Å². The third-order valence-electron chi connectivity index (χ3n) is 2.05. The fourth-order valence-corrected chi connectivity index (χ4v) is 1.21. The number of rotatable bonds is 6. The molecule has 1 aromatic rings. The van der Waals surface area contributed by atoms with E-state index in [0.717, 1.165) is 12.1 Å². The molecular formula is C10H12F2N2O3. The molecule has 0 aliphatic heterocycles. The number of benzene rings is 1. The molecule has 1 rings (SSSR count). The Balaban J connectivity index is 2.92. The fourth-order valence-electron chi connectivity index (χ4n) is 1.21. The van der Waals surface area contributed by atoms with Gasteiger partial charge in [-0.3, -0.25) is 10.1 Å². The Morgan fingerprint density at radius 2 is 2.24 bits per heavy atom. The second-order valence-corrected chi connectivity index (χ2v) is 3.23. The molecule has 0 saturated carbocycles. The largest absolute Gasteiger partial charge is 0.492 e. The zero-order valence-electron chi connectivity index (χ0n) is 9.15. The van der Waals surface area contributed by atoms with Gasteiger partial charge in [-0.05, 0) is 13.1 Å². The van der Waals surface area contributed by atoms with E-state index in [-0.39, 0.29) is 18.0 Å². The van der Waals surface area contributed by atoms with E-state index in [2.05, 4.69) is 5.32 Å². The maximum absolute atomic E-state index is 12.7. The van der Waals surface area contributed by atoms with Gasteiger partial charge in [0.25, 0.3) is 12.1 Å². The Morgan fingerprint density at radius 1 is 1.53 bits per heavy atom. The minimum atomic E-state index is -2.81. The van der Waals surface area contributed by atoms with E-state index in [1.165, 1.54) is 6.07 Å². The van der Waals surface area contributed by atoms with Crippen LogP contribution >= 0.6 is 0 Å². The Bertz CT molecular complexity index is 399. The smallest absolute Gasteiger partial charge is 0.270 e. The highest BCUT2D eigenvalue weighted by molar-refractivity contribution is 5.44. The zero-order valence-corrected chi connectivity index (χ0v) is 9.15. The van der Waals surface area contributed by atoms with Crippen LogP contribution in [0.2, 0.25) is 0 Å². The lowest BCUT2D eigenvalue weighted by atomic mass is 10.2. The molecule has 0 aliphatic carbocycles. The number of likely N-dealkylation sites (N-methyl/N-ethyl adjacent to an activating group) is 1. The molecule has 0 unspecified atom stereocenters. The Kier molecular flexibility index (Phi) is 4.77. The van der Waals surface area contributed by atoms with Gasteiger partial charge in [0.05, 0.1) is 10.5 Å². The van der Waals surface area contributed by atoms with Crippen LogP contribution in [0.5, 0.6) is 5.75 Å². The van der Waals surface area contributed by atoms with Crippen LogP contribution in [-0.2, 0) is 0 Å². The van der Waals surface area contributed by atoms with Crippen molar-refractivity contribution in [2.45, 2.75) is 6.43 Å². The van der Waals surface area contributed by atoms with E-state index in [1.807, 2.05) is 0 Å². The highest BCUT2D eigenvalue weighted by Gasteiger charge is 2.18. The number of alkyl halides is 2. The van der Waals surface area contributed by atoms with Crippen molar-refractivity contribution in [3.8, 4) is 5.75 Å². The van der Waals surface area contributed by atoms with Gasteiger partial charge in [0, 0.05) is 18.7 Å². The third kappa shape index (κ3) is 3.63. The lowest BCUT2D eigenvalue weighted by Gasteiger charge is -2.10. The number of hydrogen-bond donors (Lipinski definition) is 1. The van der Waals surface area contributed by atoms with E-state index in [4.69, 9.17) is 4.74 Å². The molecule has 0 heterocycles. The molecule has 94 valence electrons. The zero-order chi connectivity index (χ0) is 12.8. The van der Waals surface area contributed by atoms with Gasteiger partial charge in [-0.25, -0.2) is 8.78 Å². The second-order valence-electron chi connectivity index (χ2n) is 3.23. The van der Waals surface area contributed by atoms with E-state index < -0.39 is 16.9 Å². The van der Waals surface area contributed by atoms with Crippen molar-refractivity contribution >= 4 is 5.69 Å². The van der Waals surface area contributed by atoms with E-state index in [9.17, 15) is 18.9 Å². The molecule has 0 aliphatic rings. The number of nitrogens with zero attached hydrogens (tertiary/aromatic N) is 1. The molecule has 0 amide bonds. The van der Waals surface area contributed by atoms with Crippen LogP contribution in [0.1, 0.15) is 12.0 Å². The number of nitrogens with one attached hydrogen (secondary N) is 1. The normalized spacial score (nSPS) is 10.6. The van der Waals surface area contributed by atoms with Gasteiger partial charge in [0.2, 0.25) is 0 Å². The fraction of sp³-hybridized carbons (Fsp3) is 0.400. The molecule has 1 N–H and O–H groups in total. The molecule has 1 aromatic carbocycles. The topological polar surface area (TPSA) is 64.4 Å². The van der Waals surface area contributed by atoms with Crippen molar-refractivity contribution in [2.24, 2.45) is 0 Å². The summed E-state index contributed by atoms with van der Waals surface area (Å²) in [5.74, 6) is -0.0270. The Labute approximate surface area is 96.5 Å². The van der Waals surface area contributed by atoms with Gasteiger partial charge < -0.3 is 10.1 Å². The lowest BCUT2D eigenvalue weighted by molar-refractivity contribution is -0.385. The first-order valence-corrected chi connectivity index (χ1v) is 4.90. The molecule has 0 bridgehead atoms. The van der Waals surface area contributed by atoms with Gasteiger partial charge in [-0.2, -0.15) is 0 Å². The molecular weight excluding hydrogens is 234 g/mol. The van der Waals surface area contributed by atoms with Crippen molar-refractivity contribution in [1.82, 2.24) is 5.32 Å². The number of hydrogen-bond acceptors (Lipinski definition) is 4. The van der Waals surface area contributed by atoms with E-state index >= 15 is 0 Å². The summed E-state index contributed by atoms with van der Waals surface area (Å²) in [5, 5.41) is 13.3. The van der Waals surface area contributed by atoms with Gasteiger partial charge >= 0.3 is 0 Å². The Morgan fingerprint density at radius 3 is 2.76 bits per heavy atom. The minimum absolute atomic E-state index is 0.0270. The second kappa shape index (κ2) is 6.09. The average Bonchev–Trinajstić information content (AvgIpc) is 2.29. The van der Waals surface area contributed by atoms with Crippen molar-refractivity contribution < 1.29 is 18.4 Å². The summed E-state index contributed by atoms with van der Waals surface area (Å²) in [6, 6.07) is 3.16. The molecule has 0 fully saturated rings. The molecule has 7 heteroatoms. The summed E-state index contributed by atoms with van der Waals surface area (Å²) in [5.41, 5.74) is -0.837. The number of nitro groups is 1. The van der Waals surface area contributed by atoms with Crippen molar-refractivity contribution in [2.75, 3.05) is 20.2 Å². The molecule has 5 nitrogen and oxygen atoms in total. The first-order valence-electron chi connectivity index (χ1n) is 4.90. The molecule has 0 saturated heterocycles. The molecule has 17 heavy (non-hydrogen) atoms. The summed E-state index contributed by atoms with van der Waals surface area (Å²) < 4.78 is 30.4. The summed E-state index contributed by atoms with van der Waals surface area (Å²) in [4.78, 5) is 9.74. The number of nitro benzene ring substituents is 1. The van der Waals surface area contributed by atoms with Gasteiger partial charge in [-0.1, -0.05) is 0 Å². The van der Waals surface area contributed by atoms with E-state index in [1.54, 1.807) is 7.05 Å². The number of ether oxygens (including phenoxy) is 1. The maximum Gasteiger partial charge on any atom is 0.270 e. The predicted molar refractivity (Wildman–Crippen MR) is 57.5 cm³/mol. The van der Waals surface area contributed by atoms with Crippen LogP contribution < -0.4 is 10.1 Å². The highest BCUT2D eigenvalue weighted by Crippen LogP contribution is 2.32. The summed E-state index contributed by atoms with van der Waals surface area (Å²) in [6.07, 6.45) is -2.81. The van der Waals surface area contributed by atoms with Crippen LogP contribution in [-0.4, -0.2) is 25.1 Å². The third-order valence-corrected chi connectivity index (χ3v) is 2.05. The van der Waals surface area contributed by atoms with Crippen molar-refractivity contribution in [3.05, 3.63) is 33.9 Å². The van der Waals surface area contributed by atoms with Crippen LogP contribution in [0.4, 0.5) is 14.5 Å². The van der Waals surface area contributed by atoms with Crippen LogP contribution in [0, 0.1) is 10.1 Å². The van der Waals surface area contributed by atoms with Crippen LogP contribution in [0.3, 0.4) is 0 Å².